The Bertz CT molecular complexity index is 450. The van der Waals surface area contributed by atoms with E-state index in [1.54, 1.807) is 0 Å². The molecule has 1 aliphatic heterocycles. The molecular weight excluding hydrogens is 182 g/mol. The molecule has 0 saturated heterocycles. The van der Waals surface area contributed by atoms with Crippen molar-refractivity contribution in [1.29, 1.82) is 0 Å². The fourth-order valence-electron chi connectivity index (χ4n) is 1.68. The smallest absolute Gasteiger partial charge is 0.0581 e. The van der Waals surface area contributed by atoms with Gasteiger partial charge in [-0.1, -0.05) is 35.9 Å². The number of allylic oxidation sites excluding steroid dienone is 2. The number of nitrogens with zero attached hydrogens (tertiary/aromatic N) is 1. The summed E-state index contributed by atoms with van der Waals surface area (Å²) in [6.45, 7) is 5.08. The van der Waals surface area contributed by atoms with Gasteiger partial charge in [0, 0.05) is 0 Å². The highest BCUT2D eigenvalue weighted by Gasteiger charge is 1.96. The molecule has 0 aromatic heterocycles. The lowest BCUT2D eigenvalue weighted by molar-refractivity contribution is 1.29. The van der Waals surface area contributed by atoms with Crippen LogP contribution in [0.25, 0.3) is 6.08 Å². The molecule has 1 aliphatic rings. The molecule has 76 valence electrons. The van der Waals surface area contributed by atoms with Crippen LogP contribution in [-0.2, 0) is 0 Å². The molecule has 0 bridgehead atoms. The molecule has 0 fully saturated rings. The van der Waals surface area contributed by atoms with Gasteiger partial charge in [-0.2, -0.15) is 0 Å². The summed E-state index contributed by atoms with van der Waals surface area (Å²) in [4.78, 5) is 4.32. The highest BCUT2D eigenvalue weighted by atomic mass is 14.7. The number of aliphatic imine (C=N–C) groups is 1. The summed E-state index contributed by atoms with van der Waals surface area (Å²) >= 11 is 0. The van der Waals surface area contributed by atoms with E-state index in [1.807, 2.05) is 0 Å². The number of hydrogen-bond acceptors (Lipinski definition) is 1. The van der Waals surface area contributed by atoms with E-state index in [0.717, 1.165) is 12.3 Å². The Hall–Kier alpha value is -1.63. The monoisotopic (exact) mass is 197 g/mol. The molecule has 1 heteroatoms. The first-order valence-electron chi connectivity index (χ1n) is 5.22. The van der Waals surface area contributed by atoms with Gasteiger partial charge in [0.1, 0.15) is 0 Å². The highest BCUT2D eigenvalue weighted by molar-refractivity contribution is 6.07. The Labute approximate surface area is 90.9 Å². The van der Waals surface area contributed by atoms with Crippen molar-refractivity contribution < 1.29 is 0 Å². The first-order valence-corrected chi connectivity index (χ1v) is 5.22. The predicted molar refractivity (Wildman–Crippen MR) is 66.4 cm³/mol. The fraction of sp³-hybridized carbons (Fsp3) is 0.214. The average Bonchev–Trinajstić information content (AvgIpc) is 2.69. The van der Waals surface area contributed by atoms with Crippen molar-refractivity contribution in [2.75, 3.05) is 6.54 Å². The first-order chi connectivity index (χ1) is 7.25. The Morgan fingerprint density at radius 1 is 1.20 bits per heavy atom. The second-order valence-corrected chi connectivity index (χ2v) is 3.86. The Kier molecular flexibility index (Phi) is 2.82. The van der Waals surface area contributed by atoms with Gasteiger partial charge >= 0.3 is 0 Å². The highest BCUT2D eigenvalue weighted by Crippen LogP contribution is 2.12. The summed E-state index contributed by atoms with van der Waals surface area (Å²) in [6, 6.07) is 6.49. The van der Waals surface area contributed by atoms with E-state index in [4.69, 9.17) is 0 Å². The molecule has 1 aromatic rings. The van der Waals surface area contributed by atoms with Gasteiger partial charge in [-0.05, 0) is 37.1 Å². The molecule has 0 atom stereocenters. The van der Waals surface area contributed by atoms with E-state index in [9.17, 15) is 0 Å². The van der Waals surface area contributed by atoms with Gasteiger partial charge in [0.2, 0.25) is 0 Å². The lowest BCUT2D eigenvalue weighted by Gasteiger charge is -2.01. The molecule has 15 heavy (non-hydrogen) atoms. The van der Waals surface area contributed by atoms with Crippen LogP contribution in [0.15, 0.2) is 41.4 Å². The largest absolute Gasteiger partial charge is 0.281 e. The van der Waals surface area contributed by atoms with Gasteiger partial charge in [-0.15, -0.1) is 0 Å². The van der Waals surface area contributed by atoms with Crippen LogP contribution >= 0.6 is 0 Å². The summed E-state index contributed by atoms with van der Waals surface area (Å²) in [7, 11) is 0. The topological polar surface area (TPSA) is 12.4 Å². The summed E-state index contributed by atoms with van der Waals surface area (Å²) in [5.74, 6) is 0. The number of benzene rings is 1. The van der Waals surface area contributed by atoms with E-state index in [0.29, 0.717) is 0 Å². The van der Waals surface area contributed by atoms with Gasteiger partial charge < -0.3 is 0 Å². The maximum atomic E-state index is 4.32. The third-order valence-corrected chi connectivity index (χ3v) is 2.53. The van der Waals surface area contributed by atoms with Crippen LogP contribution in [0.2, 0.25) is 0 Å². The zero-order valence-electron chi connectivity index (χ0n) is 9.20. The molecule has 0 saturated carbocycles. The molecular formula is C14H15N. The van der Waals surface area contributed by atoms with E-state index in [1.165, 1.54) is 16.7 Å². The normalized spacial score (nSPS) is 14.9. The van der Waals surface area contributed by atoms with Gasteiger partial charge in [-0.25, -0.2) is 0 Å². The Morgan fingerprint density at radius 2 is 2.07 bits per heavy atom. The lowest BCUT2D eigenvalue weighted by atomic mass is 10.1. The third-order valence-electron chi connectivity index (χ3n) is 2.53. The Balaban J connectivity index is 2.20. The minimum atomic E-state index is 0.826. The second-order valence-electron chi connectivity index (χ2n) is 3.86. The maximum Gasteiger partial charge on any atom is 0.0581 e. The van der Waals surface area contributed by atoms with E-state index in [2.05, 4.69) is 61.3 Å². The maximum absolute atomic E-state index is 4.32. The van der Waals surface area contributed by atoms with Crippen molar-refractivity contribution in [2.45, 2.75) is 13.8 Å². The minimum Gasteiger partial charge on any atom is -0.281 e. The molecule has 0 radical (unpaired) electrons. The Morgan fingerprint density at radius 3 is 2.73 bits per heavy atom. The molecule has 0 unspecified atom stereocenters. The van der Waals surface area contributed by atoms with Crippen molar-refractivity contribution in [3.05, 3.63) is 53.1 Å². The summed E-state index contributed by atoms with van der Waals surface area (Å²) in [5.41, 5.74) is 4.95. The summed E-state index contributed by atoms with van der Waals surface area (Å²) in [5, 5.41) is 0. The van der Waals surface area contributed by atoms with Crippen LogP contribution in [0.3, 0.4) is 0 Å². The first kappa shape index (κ1) is 9.91. The van der Waals surface area contributed by atoms with E-state index in [-0.39, 0.29) is 0 Å². The molecule has 1 nitrogen and oxygen atoms in total. The van der Waals surface area contributed by atoms with Crippen LogP contribution in [0.4, 0.5) is 0 Å². The summed E-state index contributed by atoms with van der Waals surface area (Å²) in [6.07, 6.45) is 8.33. The second kappa shape index (κ2) is 4.26. The quantitative estimate of drug-likeness (QED) is 0.689. The standard InChI is InChI=1S/C14H15N/c1-11-5-6-13(12(2)10-11)7-8-14-4-3-9-15-14/h3-8,10H,9H2,1-2H3. The predicted octanol–water partition coefficient (Wildman–Crippen LogP) is 3.33. The SMILES string of the molecule is Cc1ccc(C=CC2=NCC=C2)c(C)c1. The zero-order valence-corrected chi connectivity index (χ0v) is 9.20. The lowest BCUT2D eigenvalue weighted by Crippen LogP contribution is -1.85. The van der Waals surface area contributed by atoms with Crippen molar-refractivity contribution >= 4 is 11.8 Å². The van der Waals surface area contributed by atoms with Crippen molar-refractivity contribution in [1.82, 2.24) is 0 Å². The van der Waals surface area contributed by atoms with E-state index < -0.39 is 0 Å². The molecule has 0 aliphatic carbocycles. The molecule has 1 aromatic carbocycles. The van der Waals surface area contributed by atoms with Gasteiger partial charge in [-0.3, -0.25) is 4.99 Å². The van der Waals surface area contributed by atoms with Crippen LogP contribution in [0, 0.1) is 13.8 Å². The number of rotatable bonds is 2. The van der Waals surface area contributed by atoms with Crippen LogP contribution < -0.4 is 0 Å². The summed E-state index contributed by atoms with van der Waals surface area (Å²) < 4.78 is 0. The van der Waals surface area contributed by atoms with Gasteiger partial charge in [0.15, 0.2) is 0 Å². The number of aryl methyl sites for hydroxylation is 2. The molecule has 0 amide bonds. The van der Waals surface area contributed by atoms with Crippen LogP contribution in [0.1, 0.15) is 16.7 Å². The zero-order chi connectivity index (χ0) is 10.7. The molecule has 1 heterocycles. The molecule has 2 rings (SSSR count). The van der Waals surface area contributed by atoms with Crippen molar-refractivity contribution in [2.24, 2.45) is 4.99 Å². The van der Waals surface area contributed by atoms with E-state index >= 15 is 0 Å². The molecule has 0 N–H and O–H groups in total. The fourth-order valence-corrected chi connectivity index (χ4v) is 1.68. The third kappa shape index (κ3) is 2.44. The molecule has 0 spiro atoms. The number of hydrogen-bond donors (Lipinski definition) is 0. The van der Waals surface area contributed by atoms with Crippen molar-refractivity contribution in [3.8, 4) is 0 Å². The average molecular weight is 197 g/mol. The van der Waals surface area contributed by atoms with Gasteiger partial charge in [0.05, 0.1) is 12.3 Å². The van der Waals surface area contributed by atoms with Crippen LogP contribution in [-0.4, -0.2) is 12.3 Å². The van der Waals surface area contributed by atoms with Crippen molar-refractivity contribution in [3.63, 3.8) is 0 Å². The van der Waals surface area contributed by atoms with Crippen LogP contribution in [0.5, 0.6) is 0 Å². The van der Waals surface area contributed by atoms with Gasteiger partial charge in [0.25, 0.3) is 0 Å². The minimum absolute atomic E-state index is 0.826.